The molecule has 0 bridgehead atoms. The molecule has 0 heterocycles. The van der Waals surface area contributed by atoms with Crippen LogP contribution in [-0.4, -0.2) is 17.1 Å². The van der Waals surface area contributed by atoms with Crippen LogP contribution in [0.2, 0.25) is 0 Å². The van der Waals surface area contributed by atoms with E-state index in [1.54, 1.807) is 0 Å². The second-order valence-corrected chi connectivity index (χ2v) is 4.79. The number of hydrogen-bond donors (Lipinski definition) is 2. The van der Waals surface area contributed by atoms with Crippen LogP contribution in [0.3, 0.4) is 0 Å². The third kappa shape index (κ3) is 1.85. The maximum Gasteiger partial charge on any atom is 0.303 e. The van der Waals surface area contributed by atoms with Crippen molar-refractivity contribution in [3.05, 3.63) is 0 Å². The first-order chi connectivity index (χ1) is 5.87. The van der Waals surface area contributed by atoms with Crippen molar-refractivity contribution in [2.45, 2.75) is 39.7 Å². The van der Waals surface area contributed by atoms with E-state index in [4.69, 9.17) is 10.8 Å². The first kappa shape index (κ1) is 10.5. The molecular formula is C10H19NO2. The van der Waals surface area contributed by atoms with Gasteiger partial charge in [-0.3, -0.25) is 4.79 Å². The molecule has 3 N–H and O–H groups in total. The molecular weight excluding hydrogens is 166 g/mol. The van der Waals surface area contributed by atoms with Crippen molar-refractivity contribution in [1.29, 1.82) is 0 Å². The minimum Gasteiger partial charge on any atom is -0.481 e. The van der Waals surface area contributed by atoms with Crippen LogP contribution in [0.4, 0.5) is 0 Å². The van der Waals surface area contributed by atoms with Gasteiger partial charge in [-0.1, -0.05) is 20.8 Å². The second-order valence-electron chi connectivity index (χ2n) is 4.79. The van der Waals surface area contributed by atoms with Gasteiger partial charge in [0.1, 0.15) is 0 Å². The lowest BCUT2D eigenvalue weighted by atomic mass is 9.80. The molecule has 76 valence electrons. The number of rotatable bonds is 2. The number of carbonyl (C=O) groups is 1. The summed E-state index contributed by atoms with van der Waals surface area (Å²) in [7, 11) is 0. The van der Waals surface area contributed by atoms with E-state index in [2.05, 4.69) is 13.8 Å². The average Bonchev–Trinajstić information content (AvgIpc) is 2.14. The van der Waals surface area contributed by atoms with Gasteiger partial charge < -0.3 is 10.8 Å². The molecule has 4 atom stereocenters. The molecule has 0 spiro atoms. The molecule has 1 aliphatic rings. The molecule has 4 unspecified atom stereocenters. The first-order valence-electron chi connectivity index (χ1n) is 4.84. The van der Waals surface area contributed by atoms with E-state index in [0.29, 0.717) is 11.8 Å². The zero-order chi connectivity index (χ0) is 10.2. The fourth-order valence-electron chi connectivity index (χ4n) is 2.58. The summed E-state index contributed by atoms with van der Waals surface area (Å²) < 4.78 is 0. The quantitative estimate of drug-likeness (QED) is 0.684. The third-order valence-electron chi connectivity index (χ3n) is 3.61. The summed E-state index contributed by atoms with van der Waals surface area (Å²) in [5.74, 6) is 0.239. The Bertz CT molecular complexity index is 217. The van der Waals surface area contributed by atoms with Gasteiger partial charge in [-0.25, -0.2) is 0 Å². The molecule has 1 aliphatic carbocycles. The van der Waals surface area contributed by atoms with Crippen LogP contribution in [0.15, 0.2) is 0 Å². The van der Waals surface area contributed by atoms with Gasteiger partial charge in [0.25, 0.3) is 0 Å². The van der Waals surface area contributed by atoms with Gasteiger partial charge in [-0.15, -0.1) is 0 Å². The third-order valence-corrected chi connectivity index (χ3v) is 3.61. The smallest absolute Gasteiger partial charge is 0.303 e. The van der Waals surface area contributed by atoms with Crippen LogP contribution in [0.1, 0.15) is 33.6 Å². The van der Waals surface area contributed by atoms with E-state index in [1.807, 2.05) is 6.92 Å². The molecule has 0 aromatic carbocycles. The molecule has 1 rings (SSSR count). The molecule has 1 saturated carbocycles. The Morgan fingerprint density at radius 2 is 2.15 bits per heavy atom. The summed E-state index contributed by atoms with van der Waals surface area (Å²) in [6.07, 6.45) is 1.13. The van der Waals surface area contributed by atoms with Gasteiger partial charge in [0.15, 0.2) is 0 Å². The number of carboxylic acids is 1. The average molecular weight is 185 g/mol. The van der Waals surface area contributed by atoms with Crippen LogP contribution >= 0.6 is 0 Å². The molecule has 0 amide bonds. The van der Waals surface area contributed by atoms with E-state index in [9.17, 15) is 4.79 Å². The van der Waals surface area contributed by atoms with Crippen molar-refractivity contribution in [2.75, 3.05) is 0 Å². The highest BCUT2D eigenvalue weighted by atomic mass is 16.4. The van der Waals surface area contributed by atoms with Crippen molar-refractivity contribution in [3.8, 4) is 0 Å². The molecule has 13 heavy (non-hydrogen) atoms. The Morgan fingerprint density at radius 1 is 1.62 bits per heavy atom. The van der Waals surface area contributed by atoms with Gasteiger partial charge >= 0.3 is 5.97 Å². The molecule has 0 aromatic rings. The molecule has 0 aromatic heterocycles. The molecule has 0 aliphatic heterocycles. The van der Waals surface area contributed by atoms with Crippen molar-refractivity contribution in [1.82, 2.24) is 0 Å². The van der Waals surface area contributed by atoms with Crippen LogP contribution < -0.4 is 5.73 Å². The van der Waals surface area contributed by atoms with Crippen LogP contribution in [0, 0.1) is 17.3 Å². The van der Waals surface area contributed by atoms with Crippen LogP contribution in [0.5, 0.6) is 0 Å². The molecule has 3 nitrogen and oxygen atoms in total. The zero-order valence-corrected chi connectivity index (χ0v) is 8.58. The highest BCUT2D eigenvalue weighted by molar-refractivity contribution is 5.67. The van der Waals surface area contributed by atoms with Crippen molar-refractivity contribution in [3.63, 3.8) is 0 Å². The molecule has 0 saturated heterocycles. The Balaban J connectivity index is 2.75. The predicted molar refractivity (Wildman–Crippen MR) is 51.3 cm³/mol. The van der Waals surface area contributed by atoms with Gasteiger partial charge in [0, 0.05) is 6.04 Å². The fourth-order valence-corrected chi connectivity index (χ4v) is 2.58. The normalized spacial score (nSPS) is 45.1. The standard InChI is InChI=1S/C10H19NO2/c1-6-4-10(3,5-8(12)13)9(11)7(6)2/h6-7,9H,4-5,11H2,1-3H3,(H,12,13). The Labute approximate surface area is 79.3 Å². The fraction of sp³-hybridized carbons (Fsp3) is 0.900. The number of nitrogens with two attached hydrogens (primary N) is 1. The summed E-state index contributed by atoms with van der Waals surface area (Å²) in [5.41, 5.74) is 5.83. The lowest BCUT2D eigenvalue weighted by Gasteiger charge is -2.28. The van der Waals surface area contributed by atoms with E-state index >= 15 is 0 Å². The second kappa shape index (κ2) is 3.29. The summed E-state index contributed by atoms with van der Waals surface area (Å²) in [4.78, 5) is 10.7. The lowest BCUT2D eigenvalue weighted by molar-refractivity contribution is -0.139. The Hall–Kier alpha value is -0.570. The maximum atomic E-state index is 10.7. The summed E-state index contributed by atoms with van der Waals surface area (Å²) in [5, 5.41) is 8.77. The SMILES string of the molecule is CC1CC(C)(CC(=O)O)C(N)C1C. The molecule has 3 heteroatoms. The summed E-state index contributed by atoms with van der Waals surface area (Å²) >= 11 is 0. The van der Waals surface area contributed by atoms with Crippen molar-refractivity contribution < 1.29 is 9.90 Å². The van der Waals surface area contributed by atoms with Gasteiger partial charge in [-0.05, 0) is 23.7 Å². The minimum absolute atomic E-state index is 0.0265. The Morgan fingerprint density at radius 3 is 2.46 bits per heavy atom. The van der Waals surface area contributed by atoms with Gasteiger partial charge in [0.2, 0.25) is 0 Å². The summed E-state index contributed by atoms with van der Waals surface area (Å²) in [6.45, 7) is 6.26. The summed E-state index contributed by atoms with van der Waals surface area (Å²) in [6, 6.07) is 0.0265. The van der Waals surface area contributed by atoms with E-state index in [1.165, 1.54) is 0 Å². The number of carboxylic acid groups (broad SMARTS) is 1. The molecule has 1 fully saturated rings. The van der Waals surface area contributed by atoms with E-state index in [0.717, 1.165) is 6.42 Å². The van der Waals surface area contributed by atoms with Crippen molar-refractivity contribution >= 4 is 5.97 Å². The van der Waals surface area contributed by atoms with E-state index in [-0.39, 0.29) is 17.9 Å². The first-order valence-corrected chi connectivity index (χ1v) is 4.84. The zero-order valence-electron chi connectivity index (χ0n) is 8.58. The van der Waals surface area contributed by atoms with E-state index < -0.39 is 5.97 Å². The predicted octanol–water partition coefficient (Wildman–Crippen LogP) is 1.47. The van der Waals surface area contributed by atoms with Crippen LogP contribution in [-0.2, 0) is 4.79 Å². The largest absolute Gasteiger partial charge is 0.481 e. The van der Waals surface area contributed by atoms with Gasteiger partial charge in [-0.2, -0.15) is 0 Å². The molecule has 0 radical (unpaired) electrons. The number of aliphatic carboxylic acids is 1. The van der Waals surface area contributed by atoms with Crippen LogP contribution in [0.25, 0.3) is 0 Å². The topological polar surface area (TPSA) is 63.3 Å². The lowest BCUT2D eigenvalue weighted by Crippen LogP contribution is -2.39. The Kier molecular flexibility index (Phi) is 2.66. The number of hydrogen-bond acceptors (Lipinski definition) is 2. The maximum absolute atomic E-state index is 10.7. The highest BCUT2D eigenvalue weighted by Gasteiger charge is 2.46. The van der Waals surface area contributed by atoms with Crippen molar-refractivity contribution in [2.24, 2.45) is 23.0 Å². The van der Waals surface area contributed by atoms with Gasteiger partial charge in [0.05, 0.1) is 6.42 Å². The minimum atomic E-state index is -0.737. The monoisotopic (exact) mass is 185 g/mol. The highest BCUT2D eigenvalue weighted by Crippen LogP contribution is 2.46.